The maximum absolute atomic E-state index is 12.3. The van der Waals surface area contributed by atoms with Crippen molar-refractivity contribution >= 4 is 62.9 Å². The number of rotatable bonds is 9. The number of aromatic nitrogens is 2. The number of nitrogens with one attached hydrogen (secondary N) is 2. The van der Waals surface area contributed by atoms with E-state index in [1.807, 2.05) is 17.5 Å². The van der Waals surface area contributed by atoms with Gasteiger partial charge < -0.3 is 24.5 Å². The SMILES string of the molecule is COC(=O)[C@H](Cc1nc(-c2ccc3[nH]c(I)c(CC(C)(C)COC(C)=O)c3c2)cs1)NC(=O)OC(C)(C)C. The van der Waals surface area contributed by atoms with E-state index in [2.05, 4.69) is 52.8 Å². The fourth-order valence-electron chi connectivity index (χ4n) is 3.87. The number of thiazole rings is 1. The number of halogens is 1. The van der Waals surface area contributed by atoms with Crippen molar-refractivity contribution in [2.45, 2.75) is 66.0 Å². The third-order valence-electron chi connectivity index (χ3n) is 5.58. The molecule has 206 valence electrons. The fraction of sp³-hybridized carbons (Fsp3) is 0.481. The third-order valence-corrected chi connectivity index (χ3v) is 7.37. The van der Waals surface area contributed by atoms with E-state index in [9.17, 15) is 14.4 Å². The van der Waals surface area contributed by atoms with Crippen LogP contribution in [-0.2, 0) is 36.6 Å². The molecule has 2 heterocycles. The first kappa shape index (κ1) is 29.9. The third kappa shape index (κ3) is 8.16. The molecule has 1 aromatic carbocycles. The highest BCUT2D eigenvalue weighted by Crippen LogP contribution is 2.34. The fourth-order valence-corrected chi connectivity index (χ4v) is 5.49. The number of methoxy groups -OCH3 is 1. The van der Waals surface area contributed by atoms with Crippen molar-refractivity contribution in [3.05, 3.63) is 37.9 Å². The minimum atomic E-state index is -0.923. The monoisotopic (exact) mass is 655 g/mol. The standard InChI is InChI=1S/C27H34IN3O6S/c1-15(32)36-14-27(5,6)12-18-17-10-16(8-9-19(17)30-23(18)28)21-13-38-22(29-21)11-20(24(33)35-7)31-25(34)37-26(2,3)4/h8-10,13,20,30H,11-12,14H2,1-7H3,(H,31,34)/t20-/m0/s1. The number of benzene rings is 1. The van der Waals surface area contributed by atoms with Gasteiger partial charge in [-0.15, -0.1) is 11.3 Å². The van der Waals surface area contributed by atoms with Crippen molar-refractivity contribution in [1.82, 2.24) is 15.3 Å². The summed E-state index contributed by atoms with van der Waals surface area (Å²) in [6, 6.07) is 5.20. The van der Waals surface area contributed by atoms with Crippen LogP contribution < -0.4 is 5.32 Å². The summed E-state index contributed by atoms with van der Waals surface area (Å²) in [4.78, 5) is 44.1. The van der Waals surface area contributed by atoms with Crippen molar-refractivity contribution in [1.29, 1.82) is 0 Å². The zero-order valence-corrected chi connectivity index (χ0v) is 25.7. The first-order chi connectivity index (χ1) is 17.7. The molecule has 0 saturated carbocycles. The van der Waals surface area contributed by atoms with Crippen LogP contribution in [0.1, 0.15) is 52.1 Å². The summed E-state index contributed by atoms with van der Waals surface area (Å²) in [5.41, 5.74) is 2.94. The van der Waals surface area contributed by atoms with Crippen LogP contribution in [-0.4, -0.2) is 53.4 Å². The lowest BCUT2D eigenvalue weighted by Gasteiger charge is -2.24. The van der Waals surface area contributed by atoms with Crippen molar-refractivity contribution < 1.29 is 28.6 Å². The topological polar surface area (TPSA) is 120 Å². The summed E-state index contributed by atoms with van der Waals surface area (Å²) < 4.78 is 16.5. The van der Waals surface area contributed by atoms with Crippen molar-refractivity contribution in [2.24, 2.45) is 5.41 Å². The number of esters is 2. The van der Waals surface area contributed by atoms with Crippen LogP contribution in [0.5, 0.6) is 0 Å². The molecule has 0 radical (unpaired) electrons. The molecule has 0 fully saturated rings. The van der Waals surface area contributed by atoms with E-state index in [0.717, 1.165) is 37.8 Å². The molecule has 3 aromatic rings. The lowest BCUT2D eigenvalue weighted by atomic mass is 9.86. The number of alkyl carbamates (subject to hydrolysis) is 1. The molecule has 11 heteroatoms. The van der Waals surface area contributed by atoms with E-state index in [-0.39, 0.29) is 17.8 Å². The highest BCUT2D eigenvalue weighted by atomic mass is 127. The van der Waals surface area contributed by atoms with Gasteiger partial charge in [-0.25, -0.2) is 14.6 Å². The Kier molecular flexibility index (Phi) is 9.45. The maximum atomic E-state index is 12.3. The Morgan fingerprint density at radius 3 is 2.53 bits per heavy atom. The molecule has 2 N–H and O–H groups in total. The number of carbonyl (C=O) groups is 3. The second-order valence-corrected chi connectivity index (χ2v) is 12.9. The summed E-state index contributed by atoms with van der Waals surface area (Å²) in [6.45, 7) is 11.2. The Morgan fingerprint density at radius 1 is 1.18 bits per heavy atom. The van der Waals surface area contributed by atoms with Gasteiger partial charge in [-0.05, 0) is 67.5 Å². The smallest absolute Gasteiger partial charge is 0.408 e. The number of fused-ring (bicyclic) bond motifs is 1. The van der Waals surface area contributed by atoms with Crippen LogP contribution in [0.3, 0.4) is 0 Å². The molecule has 38 heavy (non-hydrogen) atoms. The Bertz CT molecular complexity index is 1320. The second-order valence-electron chi connectivity index (χ2n) is 10.9. The minimum absolute atomic E-state index is 0.177. The Hall–Kier alpha value is -2.67. The molecule has 9 nitrogen and oxygen atoms in total. The quantitative estimate of drug-likeness (QED) is 0.174. The molecule has 0 aliphatic carbocycles. The predicted octanol–water partition coefficient (Wildman–Crippen LogP) is 5.64. The molecule has 0 bridgehead atoms. The average Bonchev–Trinajstić information content (AvgIpc) is 3.39. The molecule has 0 unspecified atom stereocenters. The van der Waals surface area contributed by atoms with E-state index in [0.29, 0.717) is 11.6 Å². The van der Waals surface area contributed by atoms with Crippen LogP contribution in [0, 0.1) is 9.12 Å². The van der Waals surface area contributed by atoms with Gasteiger partial charge in [-0.2, -0.15) is 0 Å². The zero-order chi connectivity index (χ0) is 28.3. The number of nitrogens with zero attached hydrogens (tertiary/aromatic N) is 1. The number of carbonyl (C=O) groups excluding carboxylic acids is 3. The van der Waals surface area contributed by atoms with Crippen molar-refractivity contribution in [3.63, 3.8) is 0 Å². The normalized spacial score (nSPS) is 12.7. The van der Waals surface area contributed by atoms with Crippen molar-refractivity contribution in [2.75, 3.05) is 13.7 Å². The number of aromatic amines is 1. The largest absolute Gasteiger partial charge is 0.467 e. The predicted molar refractivity (Wildman–Crippen MR) is 155 cm³/mol. The van der Waals surface area contributed by atoms with Gasteiger partial charge in [0, 0.05) is 40.6 Å². The molecule has 2 aromatic heterocycles. The van der Waals surface area contributed by atoms with Gasteiger partial charge >= 0.3 is 18.0 Å². The molecule has 0 saturated heterocycles. The zero-order valence-electron chi connectivity index (χ0n) is 22.7. The first-order valence-corrected chi connectivity index (χ1v) is 14.1. The maximum Gasteiger partial charge on any atom is 0.408 e. The molecule has 3 rings (SSSR count). The van der Waals surface area contributed by atoms with Crippen LogP contribution in [0.2, 0.25) is 0 Å². The number of hydrogen-bond donors (Lipinski definition) is 2. The number of H-pyrrole nitrogens is 1. The Labute approximate surface area is 240 Å². The number of amides is 1. The molecule has 0 aliphatic heterocycles. The average molecular weight is 656 g/mol. The van der Waals surface area contributed by atoms with Gasteiger partial charge in [0.1, 0.15) is 11.6 Å². The van der Waals surface area contributed by atoms with E-state index in [1.54, 1.807) is 20.8 Å². The minimum Gasteiger partial charge on any atom is -0.467 e. The number of hydrogen-bond acceptors (Lipinski definition) is 8. The molecule has 1 amide bonds. The van der Waals surface area contributed by atoms with Gasteiger partial charge in [0.05, 0.1) is 28.1 Å². The summed E-state index contributed by atoms with van der Waals surface area (Å²) in [5, 5.41) is 6.28. The second kappa shape index (κ2) is 12.0. The van der Waals surface area contributed by atoms with Crippen LogP contribution in [0.25, 0.3) is 22.2 Å². The van der Waals surface area contributed by atoms with Crippen LogP contribution in [0.4, 0.5) is 4.79 Å². The summed E-state index contributed by atoms with van der Waals surface area (Å²) in [7, 11) is 1.28. The van der Waals surface area contributed by atoms with E-state index in [1.165, 1.54) is 25.4 Å². The highest BCUT2D eigenvalue weighted by Gasteiger charge is 2.27. The van der Waals surface area contributed by atoms with Crippen LogP contribution >= 0.6 is 33.9 Å². The van der Waals surface area contributed by atoms with E-state index >= 15 is 0 Å². The molecule has 1 atom stereocenters. The highest BCUT2D eigenvalue weighted by molar-refractivity contribution is 14.1. The van der Waals surface area contributed by atoms with Crippen LogP contribution in [0.15, 0.2) is 23.6 Å². The summed E-state index contributed by atoms with van der Waals surface area (Å²) >= 11 is 3.71. The lowest BCUT2D eigenvalue weighted by Crippen LogP contribution is -2.45. The van der Waals surface area contributed by atoms with Gasteiger partial charge in [-0.3, -0.25) is 4.79 Å². The molecule has 0 aliphatic rings. The van der Waals surface area contributed by atoms with Gasteiger partial charge in [-0.1, -0.05) is 19.9 Å². The Balaban J connectivity index is 1.83. The van der Waals surface area contributed by atoms with Gasteiger partial charge in [0.2, 0.25) is 0 Å². The van der Waals surface area contributed by atoms with Gasteiger partial charge in [0.25, 0.3) is 0 Å². The Morgan fingerprint density at radius 2 is 1.89 bits per heavy atom. The van der Waals surface area contributed by atoms with Gasteiger partial charge in [0.15, 0.2) is 0 Å². The first-order valence-electron chi connectivity index (χ1n) is 12.1. The molecular formula is C27H34IN3O6S. The number of ether oxygens (including phenoxy) is 3. The summed E-state index contributed by atoms with van der Waals surface area (Å²) in [6.07, 6.45) is 0.208. The van der Waals surface area contributed by atoms with E-state index < -0.39 is 23.7 Å². The van der Waals surface area contributed by atoms with Crippen molar-refractivity contribution in [3.8, 4) is 11.3 Å². The summed E-state index contributed by atoms with van der Waals surface area (Å²) in [5.74, 6) is -0.860. The molecular weight excluding hydrogens is 621 g/mol. The molecule has 0 spiro atoms. The van der Waals surface area contributed by atoms with E-state index in [4.69, 9.17) is 19.2 Å². The lowest BCUT2D eigenvalue weighted by molar-refractivity contribution is -0.144.